The molecule has 0 aliphatic carbocycles. The third-order valence-corrected chi connectivity index (χ3v) is 6.05. The average molecular weight is 495 g/mol. The van der Waals surface area contributed by atoms with Crippen LogP contribution in [0.3, 0.4) is 0 Å². The molecule has 7 nitrogen and oxygen atoms in total. The second-order valence-electron chi connectivity index (χ2n) is 7.62. The van der Waals surface area contributed by atoms with Crippen LogP contribution >= 0.6 is 15.9 Å². The van der Waals surface area contributed by atoms with E-state index in [1.807, 2.05) is 30.3 Å². The smallest absolute Gasteiger partial charge is 0.270 e. The summed E-state index contributed by atoms with van der Waals surface area (Å²) in [5.74, 6) is -1.14. The Morgan fingerprint density at radius 3 is 2.53 bits per heavy atom. The van der Waals surface area contributed by atoms with Gasteiger partial charge in [-0.25, -0.2) is 0 Å². The number of halogens is 1. The summed E-state index contributed by atoms with van der Waals surface area (Å²) in [5.41, 5.74) is -0.292. The molecule has 0 aromatic heterocycles. The molecule has 8 heteroatoms. The Balaban J connectivity index is 1.64. The predicted octanol–water partition coefficient (Wildman–Crippen LogP) is 4.41. The Labute approximate surface area is 192 Å². The third kappa shape index (κ3) is 4.06. The number of hydrogen-bond donors (Lipinski definition) is 1. The molecule has 0 saturated carbocycles. The van der Waals surface area contributed by atoms with Gasteiger partial charge in [-0.05, 0) is 30.2 Å². The highest BCUT2D eigenvalue weighted by Crippen LogP contribution is 2.44. The minimum atomic E-state index is -2.06. The third-order valence-electron chi connectivity index (χ3n) is 5.56. The predicted molar refractivity (Wildman–Crippen MR) is 123 cm³/mol. The molecular formula is C24H19BrN2O5. The second kappa shape index (κ2) is 8.64. The Kier molecular flexibility index (Phi) is 5.90. The van der Waals surface area contributed by atoms with Gasteiger partial charge in [0.1, 0.15) is 0 Å². The molecular weight excluding hydrogens is 476 g/mol. The molecule has 0 radical (unpaired) electrons. The summed E-state index contributed by atoms with van der Waals surface area (Å²) in [7, 11) is 0. The highest BCUT2D eigenvalue weighted by atomic mass is 79.9. The summed E-state index contributed by atoms with van der Waals surface area (Å²) in [6.07, 6.45) is 0.0648. The van der Waals surface area contributed by atoms with E-state index in [2.05, 4.69) is 15.9 Å². The molecule has 3 aromatic carbocycles. The summed E-state index contributed by atoms with van der Waals surface area (Å²) in [4.78, 5) is 38.3. The number of carbonyl (C=O) groups excluding carboxylic acids is 2. The molecule has 1 aliphatic heterocycles. The van der Waals surface area contributed by atoms with Gasteiger partial charge in [0, 0.05) is 34.3 Å². The van der Waals surface area contributed by atoms with Gasteiger partial charge in [0.2, 0.25) is 0 Å². The summed E-state index contributed by atoms with van der Waals surface area (Å²) in [6.45, 7) is 0.338. The van der Waals surface area contributed by atoms with E-state index in [1.165, 1.54) is 23.1 Å². The van der Waals surface area contributed by atoms with Gasteiger partial charge in [-0.2, -0.15) is 0 Å². The Morgan fingerprint density at radius 2 is 1.81 bits per heavy atom. The Morgan fingerprint density at radius 1 is 1.06 bits per heavy atom. The zero-order chi connectivity index (χ0) is 22.9. The van der Waals surface area contributed by atoms with E-state index in [9.17, 15) is 24.8 Å². The second-order valence-corrected chi connectivity index (χ2v) is 8.54. The monoisotopic (exact) mass is 494 g/mol. The number of hydrogen-bond acceptors (Lipinski definition) is 5. The lowest BCUT2D eigenvalue weighted by Gasteiger charge is -2.23. The van der Waals surface area contributed by atoms with Crippen LogP contribution in [0.25, 0.3) is 0 Å². The zero-order valence-corrected chi connectivity index (χ0v) is 18.5. The molecule has 4 rings (SSSR count). The highest BCUT2D eigenvalue weighted by molar-refractivity contribution is 9.10. The van der Waals surface area contributed by atoms with Crippen molar-refractivity contribution in [2.24, 2.45) is 0 Å². The number of anilines is 1. The first-order valence-electron chi connectivity index (χ1n) is 9.95. The van der Waals surface area contributed by atoms with Crippen LogP contribution in [0.1, 0.15) is 27.9 Å². The van der Waals surface area contributed by atoms with Gasteiger partial charge >= 0.3 is 0 Å². The number of nitrogens with zero attached hydrogens (tertiary/aromatic N) is 2. The van der Waals surface area contributed by atoms with Crippen LogP contribution in [0.2, 0.25) is 0 Å². The van der Waals surface area contributed by atoms with Crippen molar-refractivity contribution in [2.45, 2.75) is 18.4 Å². The van der Waals surface area contributed by atoms with Crippen molar-refractivity contribution in [2.75, 3.05) is 11.4 Å². The molecule has 1 aliphatic rings. The van der Waals surface area contributed by atoms with Crippen LogP contribution in [0, 0.1) is 10.1 Å². The number of carbonyl (C=O) groups is 2. The molecule has 162 valence electrons. The van der Waals surface area contributed by atoms with Crippen molar-refractivity contribution in [1.29, 1.82) is 0 Å². The topological polar surface area (TPSA) is 101 Å². The van der Waals surface area contributed by atoms with Crippen LogP contribution in [0.5, 0.6) is 0 Å². The van der Waals surface area contributed by atoms with Gasteiger partial charge in [0.05, 0.1) is 17.0 Å². The van der Waals surface area contributed by atoms with Gasteiger partial charge < -0.3 is 10.0 Å². The van der Waals surface area contributed by atoms with E-state index >= 15 is 0 Å². The van der Waals surface area contributed by atoms with Crippen molar-refractivity contribution in [3.8, 4) is 0 Å². The van der Waals surface area contributed by atoms with Crippen LogP contribution in [0.15, 0.2) is 77.3 Å². The van der Waals surface area contributed by atoms with Crippen LogP contribution in [0.4, 0.5) is 11.4 Å². The number of nitro groups is 1. The number of aliphatic hydroxyl groups is 1. The first kappa shape index (κ1) is 21.9. The van der Waals surface area contributed by atoms with E-state index in [-0.39, 0.29) is 11.3 Å². The van der Waals surface area contributed by atoms with Crippen molar-refractivity contribution in [3.05, 3.63) is 104 Å². The molecule has 0 saturated heterocycles. The van der Waals surface area contributed by atoms with Gasteiger partial charge in [-0.3, -0.25) is 19.7 Å². The molecule has 1 amide bonds. The summed E-state index contributed by atoms with van der Waals surface area (Å²) in [6, 6.07) is 20.1. The minimum Gasteiger partial charge on any atom is -0.375 e. The maximum Gasteiger partial charge on any atom is 0.270 e. The molecule has 0 unspecified atom stereocenters. The molecule has 0 spiro atoms. The SMILES string of the molecule is O=C(C[C@@]1(O)C(=O)N(CCc2ccccc2)c2ccc(Br)cc21)c1cccc([N+](=O)[O-])c1. The summed E-state index contributed by atoms with van der Waals surface area (Å²) >= 11 is 3.37. The van der Waals surface area contributed by atoms with Crippen molar-refractivity contribution in [1.82, 2.24) is 0 Å². The Hall–Kier alpha value is -3.36. The number of rotatable bonds is 7. The van der Waals surface area contributed by atoms with Crippen molar-refractivity contribution in [3.63, 3.8) is 0 Å². The first-order valence-corrected chi connectivity index (χ1v) is 10.7. The number of Topliss-reactive ketones (excluding diaryl/α,β-unsaturated/α-hetero) is 1. The minimum absolute atomic E-state index is 0.0692. The maximum atomic E-state index is 13.4. The average Bonchev–Trinajstić information content (AvgIpc) is 2.99. The maximum absolute atomic E-state index is 13.4. The largest absolute Gasteiger partial charge is 0.375 e. The molecule has 32 heavy (non-hydrogen) atoms. The molecule has 0 bridgehead atoms. The van der Waals surface area contributed by atoms with Gasteiger partial charge in [0.25, 0.3) is 11.6 Å². The van der Waals surface area contributed by atoms with Crippen molar-refractivity contribution >= 4 is 39.0 Å². The zero-order valence-electron chi connectivity index (χ0n) is 16.9. The fourth-order valence-electron chi connectivity index (χ4n) is 3.93. The molecule has 1 heterocycles. The molecule has 1 N–H and O–H groups in total. The lowest BCUT2D eigenvalue weighted by atomic mass is 9.88. The fraction of sp³-hybridized carbons (Fsp3) is 0.167. The lowest BCUT2D eigenvalue weighted by Crippen LogP contribution is -2.42. The number of nitro benzene ring substituents is 1. The Bertz CT molecular complexity index is 1210. The lowest BCUT2D eigenvalue weighted by molar-refractivity contribution is -0.384. The van der Waals surface area contributed by atoms with E-state index in [1.54, 1.807) is 18.2 Å². The van der Waals surface area contributed by atoms with E-state index in [0.717, 1.165) is 11.6 Å². The highest BCUT2D eigenvalue weighted by Gasteiger charge is 2.50. The van der Waals surface area contributed by atoms with Crippen LogP contribution in [-0.4, -0.2) is 28.3 Å². The quantitative estimate of drug-likeness (QED) is 0.297. The van der Waals surface area contributed by atoms with Crippen molar-refractivity contribution < 1.29 is 19.6 Å². The number of benzene rings is 3. The van der Waals surface area contributed by atoms with Gasteiger partial charge in [-0.15, -0.1) is 0 Å². The van der Waals surface area contributed by atoms with Crippen LogP contribution < -0.4 is 4.90 Å². The standard InChI is InChI=1S/C24H19BrN2O5/c25-18-9-10-21-20(14-18)24(30,15-22(28)17-7-4-8-19(13-17)27(31)32)23(29)26(21)12-11-16-5-2-1-3-6-16/h1-10,13-14,30H,11-12,15H2/t24-/m0/s1. The van der Waals surface area contributed by atoms with E-state index in [4.69, 9.17) is 0 Å². The molecule has 3 aromatic rings. The summed E-state index contributed by atoms with van der Waals surface area (Å²) in [5, 5.41) is 22.5. The van der Waals surface area contributed by atoms with E-state index in [0.29, 0.717) is 28.7 Å². The number of fused-ring (bicyclic) bond motifs is 1. The van der Waals surface area contributed by atoms with Gasteiger partial charge in [-0.1, -0.05) is 58.4 Å². The summed E-state index contributed by atoms with van der Waals surface area (Å²) < 4.78 is 0.662. The first-order chi connectivity index (χ1) is 15.3. The number of amides is 1. The van der Waals surface area contributed by atoms with Crippen LogP contribution in [-0.2, 0) is 16.8 Å². The van der Waals surface area contributed by atoms with E-state index < -0.39 is 28.6 Å². The van der Waals surface area contributed by atoms with Gasteiger partial charge in [0.15, 0.2) is 11.4 Å². The number of ketones is 1. The fourth-order valence-corrected chi connectivity index (χ4v) is 4.29. The molecule has 0 fully saturated rings. The molecule has 1 atom stereocenters. The number of non-ortho nitro benzene ring substituents is 1. The normalized spacial score (nSPS) is 17.3.